The van der Waals surface area contributed by atoms with Crippen LogP contribution in [0, 0.1) is 11.8 Å². The van der Waals surface area contributed by atoms with E-state index in [0.717, 1.165) is 38.9 Å². The number of rotatable bonds is 5. The van der Waals surface area contributed by atoms with Gasteiger partial charge < -0.3 is 10.2 Å². The Morgan fingerprint density at radius 1 is 1.35 bits per heavy atom. The van der Waals surface area contributed by atoms with E-state index in [2.05, 4.69) is 10.0 Å². The molecule has 0 aromatic rings. The summed E-state index contributed by atoms with van der Waals surface area (Å²) in [5.41, 5.74) is 0. The van der Waals surface area contributed by atoms with Crippen LogP contribution in [0.3, 0.4) is 0 Å². The lowest BCUT2D eigenvalue weighted by Crippen LogP contribution is -2.44. The molecule has 2 unspecified atom stereocenters. The Bertz CT molecular complexity index is 432. The number of nitrogens with one attached hydrogen (secondary N) is 2. The van der Waals surface area contributed by atoms with Crippen LogP contribution in [0.4, 0.5) is 0 Å². The fourth-order valence-electron chi connectivity index (χ4n) is 2.99. The van der Waals surface area contributed by atoms with E-state index < -0.39 is 10.0 Å². The van der Waals surface area contributed by atoms with Crippen molar-refractivity contribution < 1.29 is 13.2 Å². The molecule has 2 heterocycles. The van der Waals surface area contributed by atoms with Crippen LogP contribution in [0.5, 0.6) is 0 Å². The third kappa shape index (κ3) is 5.03. The first-order valence-corrected chi connectivity index (χ1v) is 9.26. The first kappa shape index (κ1) is 15.7. The number of hydrogen-bond donors (Lipinski definition) is 2. The summed E-state index contributed by atoms with van der Waals surface area (Å²) >= 11 is 0. The van der Waals surface area contributed by atoms with E-state index in [4.69, 9.17) is 0 Å². The van der Waals surface area contributed by atoms with Gasteiger partial charge in [0.15, 0.2) is 0 Å². The molecule has 116 valence electrons. The molecule has 2 aliphatic heterocycles. The molecule has 6 nitrogen and oxygen atoms in total. The molecule has 2 fully saturated rings. The van der Waals surface area contributed by atoms with Crippen molar-refractivity contribution in [3.05, 3.63) is 0 Å². The molecule has 2 rings (SSSR count). The van der Waals surface area contributed by atoms with Crippen molar-refractivity contribution in [3.8, 4) is 0 Å². The Hall–Kier alpha value is -0.660. The Morgan fingerprint density at radius 2 is 2.15 bits per heavy atom. The van der Waals surface area contributed by atoms with E-state index in [1.165, 1.54) is 6.26 Å². The van der Waals surface area contributed by atoms with Gasteiger partial charge in [-0.15, -0.1) is 0 Å². The molecule has 1 amide bonds. The monoisotopic (exact) mass is 303 g/mol. The van der Waals surface area contributed by atoms with Crippen LogP contribution in [-0.4, -0.2) is 58.2 Å². The summed E-state index contributed by atoms with van der Waals surface area (Å²) in [6.07, 6.45) is 4.83. The summed E-state index contributed by atoms with van der Waals surface area (Å²) in [5, 5.41) is 3.28. The van der Waals surface area contributed by atoms with Gasteiger partial charge >= 0.3 is 0 Å². The van der Waals surface area contributed by atoms with E-state index in [1.54, 1.807) is 0 Å². The van der Waals surface area contributed by atoms with Gasteiger partial charge in [-0.2, -0.15) is 0 Å². The number of piperidine rings is 1. The molecule has 2 aliphatic rings. The quantitative estimate of drug-likeness (QED) is 0.736. The standard InChI is InChI=1S/C13H25N3O3S/c1-20(18,19)15-9-12-3-2-6-16(10-12)13(17)7-11-4-5-14-8-11/h11-12,14-15H,2-10H2,1H3. The molecule has 0 radical (unpaired) electrons. The van der Waals surface area contributed by atoms with Crippen molar-refractivity contribution in [1.82, 2.24) is 14.9 Å². The first-order chi connectivity index (χ1) is 9.44. The highest BCUT2D eigenvalue weighted by Crippen LogP contribution is 2.20. The Balaban J connectivity index is 1.78. The zero-order valence-electron chi connectivity index (χ0n) is 12.1. The predicted molar refractivity (Wildman–Crippen MR) is 77.7 cm³/mol. The highest BCUT2D eigenvalue weighted by molar-refractivity contribution is 7.88. The smallest absolute Gasteiger partial charge is 0.222 e. The molecule has 7 heteroatoms. The fourth-order valence-corrected chi connectivity index (χ4v) is 3.53. The maximum atomic E-state index is 12.3. The molecule has 20 heavy (non-hydrogen) atoms. The van der Waals surface area contributed by atoms with Crippen LogP contribution in [0.25, 0.3) is 0 Å². The summed E-state index contributed by atoms with van der Waals surface area (Å²) in [6.45, 7) is 3.89. The fraction of sp³-hybridized carbons (Fsp3) is 0.923. The van der Waals surface area contributed by atoms with Gasteiger partial charge in [0.05, 0.1) is 6.26 Å². The van der Waals surface area contributed by atoms with Crippen molar-refractivity contribution in [1.29, 1.82) is 0 Å². The lowest BCUT2D eigenvalue weighted by Gasteiger charge is -2.33. The molecular weight excluding hydrogens is 278 g/mol. The topological polar surface area (TPSA) is 78.5 Å². The van der Waals surface area contributed by atoms with E-state index in [-0.39, 0.29) is 11.8 Å². The summed E-state index contributed by atoms with van der Waals surface area (Å²) in [5.74, 6) is 0.934. The second-order valence-electron chi connectivity index (χ2n) is 6.03. The molecule has 0 aliphatic carbocycles. The number of carbonyl (C=O) groups excluding carboxylic acids is 1. The van der Waals surface area contributed by atoms with Crippen LogP contribution in [-0.2, 0) is 14.8 Å². The lowest BCUT2D eigenvalue weighted by atomic mass is 9.96. The molecule has 0 aromatic carbocycles. The van der Waals surface area contributed by atoms with Crippen LogP contribution in [0.15, 0.2) is 0 Å². The zero-order chi connectivity index (χ0) is 14.6. The van der Waals surface area contributed by atoms with Gasteiger partial charge in [-0.3, -0.25) is 4.79 Å². The SMILES string of the molecule is CS(=O)(=O)NCC1CCCN(C(=O)CC2CCNC2)C1. The highest BCUT2D eigenvalue weighted by atomic mass is 32.2. The van der Waals surface area contributed by atoms with Gasteiger partial charge in [0.1, 0.15) is 0 Å². The zero-order valence-corrected chi connectivity index (χ0v) is 12.9. The van der Waals surface area contributed by atoms with Gasteiger partial charge in [0.25, 0.3) is 0 Å². The van der Waals surface area contributed by atoms with Crippen molar-refractivity contribution in [2.24, 2.45) is 11.8 Å². The van der Waals surface area contributed by atoms with Crippen LogP contribution in [0.1, 0.15) is 25.7 Å². The van der Waals surface area contributed by atoms with E-state index in [1.807, 2.05) is 4.90 Å². The minimum Gasteiger partial charge on any atom is -0.342 e. The molecule has 2 atom stereocenters. The summed E-state index contributed by atoms with van der Waals surface area (Å²) < 4.78 is 24.8. The van der Waals surface area contributed by atoms with Gasteiger partial charge in [0.2, 0.25) is 15.9 Å². The molecule has 2 N–H and O–H groups in total. The van der Waals surface area contributed by atoms with Crippen LogP contribution in [0.2, 0.25) is 0 Å². The third-order valence-electron chi connectivity index (χ3n) is 4.13. The van der Waals surface area contributed by atoms with Crippen LogP contribution >= 0.6 is 0 Å². The largest absolute Gasteiger partial charge is 0.342 e. The van der Waals surface area contributed by atoms with Gasteiger partial charge in [-0.25, -0.2) is 13.1 Å². The number of likely N-dealkylation sites (tertiary alicyclic amines) is 1. The Labute approximate surface area is 121 Å². The average molecular weight is 303 g/mol. The third-order valence-corrected chi connectivity index (χ3v) is 4.82. The van der Waals surface area contributed by atoms with Crippen molar-refractivity contribution in [2.45, 2.75) is 25.7 Å². The molecular formula is C13H25N3O3S. The summed E-state index contributed by atoms with van der Waals surface area (Å²) in [4.78, 5) is 14.2. The molecule has 0 aromatic heterocycles. The maximum absolute atomic E-state index is 12.3. The van der Waals surface area contributed by atoms with E-state index in [9.17, 15) is 13.2 Å². The number of sulfonamides is 1. The summed E-state index contributed by atoms with van der Waals surface area (Å²) in [6, 6.07) is 0. The second-order valence-corrected chi connectivity index (χ2v) is 7.86. The lowest BCUT2D eigenvalue weighted by molar-refractivity contribution is -0.133. The average Bonchev–Trinajstić information content (AvgIpc) is 2.89. The van der Waals surface area contributed by atoms with Gasteiger partial charge in [-0.05, 0) is 44.2 Å². The van der Waals surface area contributed by atoms with Gasteiger partial charge in [0, 0.05) is 26.1 Å². The number of carbonyl (C=O) groups is 1. The molecule has 0 bridgehead atoms. The number of nitrogens with zero attached hydrogens (tertiary/aromatic N) is 1. The van der Waals surface area contributed by atoms with E-state index in [0.29, 0.717) is 25.4 Å². The minimum absolute atomic E-state index is 0.225. The Kier molecular flexibility index (Phi) is 5.40. The molecule has 2 saturated heterocycles. The predicted octanol–water partition coefficient (Wildman–Crippen LogP) is -0.226. The summed E-state index contributed by atoms with van der Waals surface area (Å²) in [7, 11) is -3.14. The van der Waals surface area contributed by atoms with Crippen molar-refractivity contribution in [2.75, 3.05) is 39.0 Å². The van der Waals surface area contributed by atoms with Crippen molar-refractivity contribution in [3.63, 3.8) is 0 Å². The Morgan fingerprint density at radius 3 is 2.80 bits per heavy atom. The van der Waals surface area contributed by atoms with Gasteiger partial charge in [-0.1, -0.05) is 0 Å². The second kappa shape index (κ2) is 6.87. The first-order valence-electron chi connectivity index (χ1n) is 7.37. The number of hydrogen-bond acceptors (Lipinski definition) is 4. The molecule has 0 saturated carbocycles. The highest BCUT2D eigenvalue weighted by Gasteiger charge is 2.26. The minimum atomic E-state index is -3.14. The van der Waals surface area contributed by atoms with Crippen LogP contribution < -0.4 is 10.0 Å². The van der Waals surface area contributed by atoms with Crippen molar-refractivity contribution >= 4 is 15.9 Å². The maximum Gasteiger partial charge on any atom is 0.222 e. The number of amides is 1. The normalized spacial score (nSPS) is 27.8. The molecule has 0 spiro atoms. The van der Waals surface area contributed by atoms with E-state index >= 15 is 0 Å².